The van der Waals surface area contributed by atoms with Crippen molar-refractivity contribution in [1.29, 1.82) is 0 Å². The van der Waals surface area contributed by atoms with Gasteiger partial charge in [-0.05, 0) is 48.4 Å². The number of aryl methyl sites for hydroxylation is 1. The summed E-state index contributed by atoms with van der Waals surface area (Å²) in [5.74, 6) is 1.02. The Kier molecular flexibility index (Phi) is 4.34. The Balaban J connectivity index is 1.84. The molecule has 4 rings (SSSR count). The van der Waals surface area contributed by atoms with E-state index >= 15 is 0 Å². The lowest BCUT2D eigenvalue weighted by molar-refractivity contribution is 0.471. The molecule has 0 aliphatic carbocycles. The van der Waals surface area contributed by atoms with Gasteiger partial charge in [0, 0.05) is 23.3 Å². The molecule has 1 unspecified atom stereocenters. The molecule has 5 heteroatoms. The van der Waals surface area contributed by atoms with Crippen molar-refractivity contribution in [3.8, 4) is 11.5 Å². The Morgan fingerprint density at radius 1 is 0.889 bits per heavy atom. The third-order valence-corrected chi connectivity index (χ3v) is 4.52. The highest BCUT2D eigenvalue weighted by molar-refractivity contribution is 5.86. The minimum Gasteiger partial charge on any atom is -0.508 e. The number of nitrogens with zero attached hydrogens (tertiary/aromatic N) is 2. The zero-order valence-electron chi connectivity index (χ0n) is 14.8. The lowest BCUT2D eigenvalue weighted by atomic mass is 9.96. The van der Waals surface area contributed by atoms with Crippen molar-refractivity contribution in [2.45, 2.75) is 13.0 Å². The van der Waals surface area contributed by atoms with Gasteiger partial charge in [0.15, 0.2) is 0 Å². The molecular weight excluding hydrogens is 338 g/mol. The molecule has 0 fully saturated rings. The van der Waals surface area contributed by atoms with Crippen LogP contribution >= 0.6 is 0 Å². The van der Waals surface area contributed by atoms with Crippen molar-refractivity contribution in [2.75, 3.05) is 5.32 Å². The third-order valence-electron chi connectivity index (χ3n) is 4.52. The van der Waals surface area contributed by atoms with E-state index in [0.29, 0.717) is 16.9 Å². The van der Waals surface area contributed by atoms with Crippen LogP contribution in [0.3, 0.4) is 0 Å². The van der Waals surface area contributed by atoms with E-state index in [1.54, 1.807) is 24.5 Å². The van der Waals surface area contributed by atoms with Crippen LogP contribution in [-0.4, -0.2) is 20.2 Å². The van der Waals surface area contributed by atoms with E-state index in [-0.39, 0.29) is 17.5 Å². The summed E-state index contributed by atoms with van der Waals surface area (Å²) in [5, 5.41) is 24.8. The number of fused-ring (bicyclic) bond motifs is 1. The fourth-order valence-electron chi connectivity index (χ4n) is 3.15. The van der Waals surface area contributed by atoms with Crippen LogP contribution < -0.4 is 5.32 Å². The Bertz CT molecular complexity index is 1090. The van der Waals surface area contributed by atoms with Gasteiger partial charge in [-0.15, -0.1) is 0 Å². The first-order valence-corrected chi connectivity index (χ1v) is 8.66. The van der Waals surface area contributed by atoms with E-state index in [2.05, 4.69) is 15.3 Å². The number of nitrogens with one attached hydrogen (secondary N) is 1. The first-order valence-electron chi connectivity index (χ1n) is 8.66. The van der Waals surface area contributed by atoms with Crippen LogP contribution in [0.1, 0.15) is 22.7 Å². The van der Waals surface area contributed by atoms with Crippen molar-refractivity contribution in [3.63, 3.8) is 0 Å². The van der Waals surface area contributed by atoms with Gasteiger partial charge < -0.3 is 15.5 Å². The van der Waals surface area contributed by atoms with Crippen molar-refractivity contribution in [2.24, 2.45) is 0 Å². The maximum Gasteiger partial charge on any atom is 0.147 e. The Morgan fingerprint density at radius 2 is 1.70 bits per heavy atom. The molecule has 2 heterocycles. The molecule has 3 N–H and O–H groups in total. The molecule has 4 aromatic rings. The number of pyridine rings is 2. The van der Waals surface area contributed by atoms with Gasteiger partial charge in [-0.1, -0.05) is 30.3 Å². The van der Waals surface area contributed by atoms with E-state index in [1.807, 2.05) is 55.5 Å². The smallest absolute Gasteiger partial charge is 0.147 e. The van der Waals surface area contributed by atoms with Gasteiger partial charge in [0.05, 0.1) is 6.04 Å². The molecule has 0 amide bonds. The van der Waals surface area contributed by atoms with Gasteiger partial charge in [0.1, 0.15) is 22.8 Å². The first kappa shape index (κ1) is 16.8. The minimum atomic E-state index is -0.355. The summed E-state index contributed by atoms with van der Waals surface area (Å²) in [7, 11) is 0. The van der Waals surface area contributed by atoms with Gasteiger partial charge in [-0.2, -0.15) is 0 Å². The molecule has 134 valence electrons. The van der Waals surface area contributed by atoms with Crippen LogP contribution in [0.15, 0.2) is 73.1 Å². The van der Waals surface area contributed by atoms with Crippen molar-refractivity contribution in [3.05, 3.63) is 89.7 Å². The molecule has 0 aliphatic heterocycles. The monoisotopic (exact) mass is 357 g/mol. The number of benzene rings is 2. The summed E-state index contributed by atoms with van der Waals surface area (Å²) in [5.41, 5.74) is 3.22. The number of hydrogen-bond donors (Lipinski definition) is 3. The third kappa shape index (κ3) is 3.40. The topological polar surface area (TPSA) is 78.3 Å². The number of aromatic hydroxyl groups is 2. The summed E-state index contributed by atoms with van der Waals surface area (Å²) in [6, 6.07) is 18.0. The van der Waals surface area contributed by atoms with Crippen LogP contribution in [0, 0.1) is 6.92 Å². The largest absolute Gasteiger partial charge is 0.508 e. The molecule has 0 aliphatic rings. The number of phenols is 2. The van der Waals surface area contributed by atoms with Crippen LogP contribution in [0.2, 0.25) is 0 Å². The van der Waals surface area contributed by atoms with Crippen molar-refractivity contribution >= 4 is 16.7 Å². The van der Waals surface area contributed by atoms with Crippen molar-refractivity contribution < 1.29 is 10.2 Å². The summed E-state index contributed by atoms with van der Waals surface area (Å²) < 4.78 is 0. The second kappa shape index (κ2) is 6.96. The molecule has 0 spiro atoms. The zero-order valence-corrected chi connectivity index (χ0v) is 14.8. The Labute approximate surface area is 157 Å². The highest BCUT2D eigenvalue weighted by atomic mass is 16.3. The average molecular weight is 357 g/mol. The lowest BCUT2D eigenvalue weighted by Gasteiger charge is -2.22. The van der Waals surface area contributed by atoms with Gasteiger partial charge in [-0.3, -0.25) is 4.98 Å². The summed E-state index contributed by atoms with van der Waals surface area (Å²) >= 11 is 0. The molecular formula is C22H19N3O2. The van der Waals surface area contributed by atoms with Gasteiger partial charge >= 0.3 is 0 Å². The molecule has 0 bridgehead atoms. The van der Waals surface area contributed by atoms with E-state index in [1.165, 1.54) is 0 Å². The second-order valence-electron chi connectivity index (χ2n) is 6.47. The molecule has 27 heavy (non-hydrogen) atoms. The van der Waals surface area contributed by atoms with Gasteiger partial charge in [0.2, 0.25) is 0 Å². The standard InChI is InChI=1S/C22H19N3O2/c1-14-10-12-23-19(13-14)25-20(16-4-7-17(26)8-5-16)18-9-6-15-3-2-11-24-21(15)22(18)27/h2-13,20,26-27H,1H3,(H,23,25). The fourth-order valence-corrected chi connectivity index (χ4v) is 3.15. The second-order valence-corrected chi connectivity index (χ2v) is 6.47. The van der Waals surface area contributed by atoms with Crippen LogP contribution in [0.4, 0.5) is 5.82 Å². The molecule has 5 nitrogen and oxygen atoms in total. The summed E-state index contributed by atoms with van der Waals surface area (Å²) in [4.78, 5) is 8.70. The first-order chi connectivity index (χ1) is 13.1. The van der Waals surface area contributed by atoms with Crippen molar-refractivity contribution in [1.82, 2.24) is 9.97 Å². The quantitative estimate of drug-likeness (QED) is 0.499. The molecule has 0 saturated carbocycles. The van der Waals surface area contributed by atoms with Crippen LogP contribution in [0.25, 0.3) is 10.9 Å². The highest BCUT2D eigenvalue weighted by Crippen LogP contribution is 2.36. The molecule has 0 saturated heterocycles. The zero-order chi connectivity index (χ0) is 18.8. The Morgan fingerprint density at radius 3 is 2.48 bits per heavy atom. The highest BCUT2D eigenvalue weighted by Gasteiger charge is 2.20. The number of anilines is 1. The molecule has 2 aromatic heterocycles. The normalized spacial score (nSPS) is 12.0. The number of phenolic OH excluding ortho intramolecular Hbond substituents is 2. The number of aromatic nitrogens is 2. The predicted octanol–water partition coefficient (Wildman–Crippen LogP) is 4.55. The van der Waals surface area contributed by atoms with E-state index in [4.69, 9.17) is 0 Å². The van der Waals surface area contributed by atoms with E-state index in [9.17, 15) is 10.2 Å². The van der Waals surface area contributed by atoms with Gasteiger partial charge in [0.25, 0.3) is 0 Å². The average Bonchev–Trinajstić information content (AvgIpc) is 2.68. The molecule has 1 atom stereocenters. The maximum atomic E-state index is 10.9. The molecule has 2 aromatic carbocycles. The van der Waals surface area contributed by atoms with Crippen LogP contribution in [-0.2, 0) is 0 Å². The maximum absolute atomic E-state index is 10.9. The number of rotatable bonds is 4. The predicted molar refractivity (Wildman–Crippen MR) is 106 cm³/mol. The minimum absolute atomic E-state index is 0.131. The Hall–Kier alpha value is -3.60. The van der Waals surface area contributed by atoms with E-state index in [0.717, 1.165) is 16.5 Å². The summed E-state index contributed by atoms with van der Waals surface area (Å²) in [6.45, 7) is 2.00. The lowest BCUT2D eigenvalue weighted by Crippen LogP contribution is -2.13. The molecule has 0 radical (unpaired) electrons. The number of hydrogen-bond acceptors (Lipinski definition) is 5. The van der Waals surface area contributed by atoms with Gasteiger partial charge in [-0.25, -0.2) is 4.98 Å². The van der Waals surface area contributed by atoms with E-state index < -0.39 is 0 Å². The summed E-state index contributed by atoms with van der Waals surface area (Å²) in [6.07, 6.45) is 3.41. The SMILES string of the molecule is Cc1ccnc(NC(c2ccc(O)cc2)c2ccc3cccnc3c2O)c1. The van der Waals surface area contributed by atoms with Crippen LogP contribution in [0.5, 0.6) is 11.5 Å². The fraction of sp³-hybridized carbons (Fsp3) is 0.0909.